The molecule has 7 heteroatoms. The van der Waals surface area contributed by atoms with Crippen LogP contribution in [-0.2, 0) is 14.3 Å². The van der Waals surface area contributed by atoms with Gasteiger partial charge in [-0.2, -0.15) is 0 Å². The van der Waals surface area contributed by atoms with Crippen LogP contribution in [0, 0.1) is 5.92 Å². The summed E-state index contributed by atoms with van der Waals surface area (Å²) >= 11 is 0. The molecule has 1 fully saturated rings. The number of carbonyl (C=O) groups excluding carboxylic acids is 3. The molecule has 0 aromatic carbocycles. The van der Waals surface area contributed by atoms with Gasteiger partial charge in [-0.15, -0.1) is 0 Å². The lowest BCUT2D eigenvalue weighted by Gasteiger charge is -2.33. The Bertz CT molecular complexity index is 463. The number of ether oxygens (including phenoxy) is 1. The van der Waals surface area contributed by atoms with Crippen molar-refractivity contribution in [3.05, 3.63) is 0 Å². The van der Waals surface area contributed by atoms with Crippen molar-refractivity contribution in [2.45, 2.75) is 71.9 Å². The Morgan fingerprint density at radius 3 is 2.24 bits per heavy atom. The highest BCUT2D eigenvalue weighted by Gasteiger charge is 2.27. The van der Waals surface area contributed by atoms with E-state index in [-0.39, 0.29) is 30.5 Å². The van der Waals surface area contributed by atoms with E-state index in [0.29, 0.717) is 38.3 Å². The first-order valence-corrected chi connectivity index (χ1v) is 9.11. The van der Waals surface area contributed by atoms with Crippen molar-refractivity contribution in [1.82, 2.24) is 15.5 Å². The minimum absolute atomic E-state index is 0.00318. The number of hydrogen-bond donors (Lipinski definition) is 2. The van der Waals surface area contributed by atoms with Gasteiger partial charge in [0.1, 0.15) is 5.60 Å². The van der Waals surface area contributed by atoms with Crippen LogP contribution in [0.4, 0.5) is 4.79 Å². The van der Waals surface area contributed by atoms with Crippen molar-refractivity contribution >= 4 is 17.9 Å². The molecule has 0 bridgehead atoms. The summed E-state index contributed by atoms with van der Waals surface area (Å²) in [5.41, 5.74) is -0.504. The van der Waals surface area contributed by atoms with Gasteiger partial charge in [-0.25, -0.2) is 4.79 Å². The van der Waals surface area contributed by atoms with Gasteiger partial charge in [0, 0.05) is 25.6 Å². The van der Waals surface area contributed by atoms with Crippen molar-refractivity contribution in [2.24, 2.45) is 5.92 Å². The summed E-state index contributed by atoms with van der Waals surface area (Å²) in [6.07, 6.45) is 2.32. The third kappa shape index (κ3) is 9.31. The van der Waals surface area contributed by atoms with Crippen molar-refractivity contribution in [2.75, 3.05) is 19.6 Å². The second-order valence-electron chi connectivity index (χ2n) is 8.02. The Labute approximate surface area is 150 Å². The molecule has 1 saturated heterocycles. The molecule has 0 atom stereocenters. The minimum atomic E-state index is -0.504. The molecular formula is C18H33N3O4. The van der Waals surface area contributed by atoms with Crippen LogP contribution >= 0.6 is 0 Å². The molecule has 2 N–H and O–H groups in total. The van der Waals surface area contributed by atoms with Crippen molar-refractivity contribution < 1.29 is 19.1 Å². The first kappa shape index (κ1) is 21.3. The Kier molecular flexibility index (Phi) is 8.19. The predicted molar refractivity (Wildman–Crippen MR) is 96.1 cm³/mol. The zero-order valence-electron chi connectivity index (χ0n) is 16.2. The number of piperidine rings is 1. The normalized spacial score (nSPS) is 15.8. The molecule has 0 radical (unpaired) electrons. The lowest BCUT2D eigenvalue weighted by Crippen LogP contribution is -2.49. The number of hydrogen-bond acceptors (Lipinski definition) is 4. The molecular weight excluding hydrogens is 322 g/mol. The van der Waals surface area contributed by atoms with Gasteiger partial charge in [0.05, 0.1) is 6.54 Å². The highest BCUT2D eigenvalue weighted by atomic mass is 16.6. The average Bonchev–Trinajstić information content (AvgIpc) is 2.50. The molecule has 0 unspecified atom stereocenters. The summed E-state index contributed by atoms with van der Waals surface area (Å²) in [6, 6.07) is 0.0266. The number of rotatable bonds is 6. The van der Waals surface area contributed by atoms with Crippen LogP contribution < -0.4 is 10.6 Å². The van der Waals surface area contributed by atoms with Gasteiger partial charge >= 0.3 is 6.09 Å². The molecule has 0 aromatic heterocycles. The standard InChI is InChI=1S/C18H33N3O4/c1-13(2)6-7-15(22)19-12-16(23)20-14-8-10-21(11-9-14)17(24)25-18(3,4)5/h13-14H,6-12H2,1-5H3,(H,19,22)(H,20,23). The predicted octanol–water partition coefficient (Wildman–Crippen LogP) is 2.05. The van der Waals surface area contributed by atoms with E-state index in [1.54, 1.807) is 4.90 Å². The van der Waals surface area contributed by atoms with E-state index in [4.69, 9.17) is 4.74 Å². The van der Waals surface area contributed by atoms with Gasteiger partial charge < -0.3 is 20.3 Å². The number of nitrogens with one attached hydrogen (secondary N) is 2. The van der Waals surface area contributed by atoms with Gasteiger partial charge in [-0.3, -0.25) is 9.59 Å². The zero-order valence-corrected chi connectivity index (χ0v) is 16.2. The number of amides is 3. The largest absolute Gasteiger partial charge is 0.444 e. The van der Waals surface area contributed by atoms with E-state index >= 15 is 0 Å². The van der Waals surface area contributed by atoms with E-state index in [1.165, 1.54) is 0 Å². The molecule has 7 nitrogen and oxygen atoms in total. The van der Waals surface area contributed by atoms with Crippen LogP contribution in [0.3, 0.4) is 0 Å². The van der Waals surface area contributed by atoms with Gasteiger partial charge in [0.25, 0.3) is 0 Å². The minimum Gasteiger partial charge on any atom is -0.444 e. The van der Waals surface area contributed by atoms with Crippen LogP contribution in [0.1, 0.15) is 60.3 Å². The highest BCUT2D eigenvalue weighted by Crippen LogP contribution is 2.15. The molecule has 0 saturated carbocycles. The average molecular weight is 355 g/mol. The zero-order chi connectivity index (χ0) is 19.0. The second-order valence-corrected chi connectivity index (χ2v) is 8.02. The Morgan fingerprint density at radius 1 is 1.12 bits per heavy atom. The number of likely N-dealkylation sites (tertiary alicyclic amines) is 1. The van der Waals surface area contributed by atoms with Crippen LogP contribution in [0.2, 0.25) is 0 Å². The molecule has 0 aliphatic carbocycles. The fraction of sp³-hybridized carbons (Fsp3) is 0.833. The van der Waals surface area contributed by atoms with Crippen molar-refractivity contribution in [1.29, 1.82) is 0 Å². The Hall–Kier alpha value is -1.79. The van der Waals surface area contributed by atoms with Crippen LogP contribution in [0.25, 0.3) is 0 Å². The molecule has 3 amide bonds. The molecule has 1 rings (SSSR count). The van der Waals surface area contributed by atoms with Crippen molar-refractivity contribution in [3.8, 4) is 0 Å². The third-order valence-electron chi connectivity index (χ3n) is 3.91. The fourth-order valence-electron chi connectivity index (χ4n) is 2.50. The van der Waals surface area contributed by atoms with Gasteiger partial charge in [-0.05, 0) is 46.0 Å². The first-order chi connectivity index (χ1) is 11.6. The Morgan fingerprint density at radius 2 is 1.72 bits per heavy atom. The van der Waals surface area contributed by atoms with Gasteiger partial charge in [0.2, 0.25) is 11.8 Å². The maximum absolute atomic E-state index is 12.0. The van der Waals surface area contributed by atoms with Crippen LogP contribution in [-0.4, -0.2) is 54.1 Å². The summed E-state index contributed by atoms with van der Waals surface area (Å²) in [5.74, 6) is 0.187. The smallest absolute Gasteiger partial charge is 0.410 e. The van der Waals surface area contributed by atoms with E-state index in [2.05, 4.69) is 24.5 Å². The van der Waals surface area contributed by atoms with E-state index in [1.807, 2.05) is 20.8 Å². The number of carbonyl (C=O) groups is 3. The quantitative estimate of drug-likeness (QED) is 0.763. The maximum Gasteiger partial charge on any atom is 0.410 e. The van der Waals surface area contributed by atoms with E-state index in [9.17, 15) is 14.4 Å². The number of nitrogens with zero attached hydrogens (tertiary/aromatic N) is 1. The van der Waals surface area contributed by atoms with E-state index < -0.39 is 5.60 Å². The van der Waals surface area contributed by atoms with Crippen LogP contribution in [0.15, 0.2) is 0 Å². The molecule has 1 aliphatic heterocycles. The topological polar surface area (TPSA) is 87.7 Å². The fourth-order valence-corrected chi connectivity index (χ4v) is 2.50. The summed E-state index contributed by atoms with van der Waals surface area (Å²) in [4.78, 5) is 37.2. The lowest BCUT2D eigenvalue weighted by molar-refractivity contribution is -0.126. The maximum atomic E-state index is 12.0. The SMILES string of the molecule is CC(C)CCC(=O)NCC(=O)NC1CCN(C(=O)OC(C)(C)C)CC1. The second kappa shape index (κ2) is 9.63. The highest BCUT2D eigenvalue weighted by molar-refractivity contribution is 5.84. The third-order valence-corrected chi connectivity index (χ3v) is 3.91. The molecule has 0 spiro atoms. The molecule has 1 aliphatic rings. The first-order valence-electron chi connectivity index (χ1n) is 9.11. The lowest BCUT2D eigenvalue weighted by atomic mass is 10.1. The van der Waals surface area contributed by atoms with Crippen LogP contribution in [0.5, 0.6) is 0 Å². The van der Waals surface area contributed by atoms with Gasteiger partial charge in [0.15, 0.2) is 0 Å². The monoisotopic (exact) mass is 355 g/mol. The van der Waals surface area contributed by atoms with E-state index in [0.717, 1.165) is 6.42 Å². The summed E-state index contributed by atoms with van der Waals surface area (Å²) in [6.45, 7) is 10.8. The Balaban J connectivity index is 2.24. The summed E-state index contributed by atoms with van der Waals surface area (Å²) in [5, 5.41) is 5.56. The summed E-state index contributed by atoms with van der Waals surface area (Å²) in [7, 11) is 0. The molecule has 1 heterocycles. The van der Waals surface area contributed by atoms with Gasteiger partial charge in [-0.1, -0.05) is 13.8 Å². The van der Waals surface area contributed by atoms with Crippen molar-refractivity contribution in [3.63, 3.8) is 0 Å². The summed E-state index contributed by atoms with van der Waals surface area (Å²) < 4.78 is 5.35. The molecule has 144 valence electrons. The molecule has 0 aromatic rings. The molecule has 25 heavy (non-hydrogen) atoms.